The summed E-state index contributed by atoms with van der Waals surface area (Å²) >= 11 is 0. The highest BCUT2D eigenvalue weighted by molar-refractivity contribution is 5.95. The lowest BCUT2D eigenvalue weighted by Gasteiger charge is -2.20. The van der Waals surface area contributed by atoms with Crippen molar-refractivity contribution in [2.45, 2.75) is 12.7 Å². The lowest BCUT2D eigenvalue weighted by atomic mass is 9.97. The molecule has 0 fully saturated rings. The summed E-state index contributed by atoms with van der Waals surface area (Å²) in [6, 6.07) is 11.7. The first kappa shape index (κ1) is 20.6. The van der Waals surface area contributed by atoms with Gasteiger partial charge < -0.3 is 25.0 Å². The van der Waals surface area contributed by atoms with E-state index in [0.29, 0.717) is 16.7 Å². The third-order valence-electron chi connectivity index (χ3n) is 4.18. The molecule has 144 valence electrons. The molecule has 2 aromatic carbocycles. The van der Waals surface area contributed by atoms with Crippen LogP contribution in [0.4, 0.5) is 0 Å². The molecule has 0 saturated heterocycles. The smallest absolute Gasteiger partial charge is 0.337 e. The van der Waals surface area contributed by atoms with Crippen molar-refractivity contribution in [2.75, 3.05) is 27.3 Å². The van der Waals surface area contributed by atoms with Crippen LogP contribution in [-0.4, -0.2) is 65.5 Å². The molecule has 0 radical (unpaired) electrons. The van der Waals surface area contributed by atoms with Crippen LogP contribution in [0, 0.1) is 0 Å². The van der Waals surface area contributed by atoms with Crippen molar-refractivity contribution in [1.82, 2.24) is 4.90 Å². The predicted octanol–water partition coefficient (Wildman–Crippen LogP) is 1.06. The molecule has 0 spiro atoms. The van der Waals surface area contributed by atoms with Crippen molar-refractivity contribution >= 4 is 11.9 Å². The lowest BCUT2D eigenvalue weighted by Crippen LogP contribution is -2.35. The molecule has 2 rings (SSSR count). The number of nitrogens with zero attached hydrogens (tertiary/aromatic N) is 1. The van der Waals surface area contributed by atoms with Gasteiger partial charge in [-0.2, -0.15) is 0 Å². The zero-order chi connectivity index (χ0) is 20.0. The van der Waals surface area contributed by atoms with Gasteiger partial charge in [-0.25, -0.2) is 4.79 Å². The third kappa shape index (κ3) is 4.91. The topological polar surface area (TPSA) is 107 Å². The quantitative estimate of drug-likeness (QED) is 0.627. The Labute approximate surface area is 157 Å². The number of aliphatic hydroxyl groups excluding tert-OH is 3. The summed E-state index contributed by atoms with van der Waals surface area (Å²) in [6.07, 6.45) is -0.987. The average molecular weight is 373 g/mol. The highest BCUT2D eigenvalue weighted by atomic mass is 16.5. The zero-order valence-corrected chi connectivity index (χ0v) is 15.3. The average Bonchev–Trinajstić information content (AvgIpc) is 2.71. The summed E-state index contributed by atoms with van der Waals surface area (Å²) in [5, 5.41) is 28.0. The van der Waals surface area contributed by atoms with E-state index in [1.807, 2.05) is 0 Å². The monoisotopic (exact) mass is 373 g/mol. The van der Waals surface area contributed by atoms with Crippen LogP contribution in [0.2, 0.25) is 0 Å². The van der Waals surface area contributed by atoms with Gasteiger partial charge in [-0.15, -0.1) is 0 Å². The fraction of sp³-hybridized carbons (Fsp3) is 0.300. The summed E-state index contributed by atoms with van der Waals surface area (Å²) in [7, 11) is 2.84. The number of carbonyl (C=O) groups excluding carboxylic acids is 2. The molecule has 0 heterocycles. The Hall–Kier alpha value is -2.74. The third-order valence-corrected chi connectivity index (χ3v) is 4.18. The van der Waals surface area contributed by atoms with Gasteiger partial charge in [0.25, 0.3) is 5.91 Å². The summed E-state index contributed by atoms with van der Waals surface area (Å²) in [5.74, 6) is -0.761. The molecular formula is C20H23NO6. The van der Waals surface area contributed by atoms with Crippen LogP contribution in [0.1, 0.15) is 26.3 Å². The van der Waals surface area contributed by atoms with Gasteiger partial charge in [0.2, 0.25) is 0 Å². The Kier molecular flexibility index (Phi) is 7.06. The maximum Gasteiger partial charge on any atom is 0.337 e. The second-order valence-electron chi connectivity index (χ2n) is 6.12. The van der Waals surface area contributed by atoms with Crippen LogP contribution < -0.4 is 0 Å². The summed E-state index contributed by atoms with van der Waals surface area (Å²) < 4.78 is 4.69. The van der Waals surface area contributed by atoms with Gasteiger partial charge in [-0.1, -0.05) is 18.2 Å². The van der Waals surface area contributed by atoms with Gasteiger partial charge in [-0.3, -0.25) is 4.79 Å². The predicted molar refractivity (Wildman–Crippen MR) is 99.2 cm³/mol. The Balaban J connectivity index is 2.24. The van der Waals surface area contributed by atoms with Crippen molar-refractivity contribution in [1.29, 1.82) is 0 Å². The molecule has 2 aromatic rings. The number of ether oxygens (including phenoxy) is 1. The highest BCUT2D eigenvalue weighted by Crippen LogP contribution is 2.26. The first-order valence-electron chi connectivity index (χ1n) is 8.38. The van der Waals surface area contributed by atoms with Gasteiger partial charge in [-0.05, 0) is 41.0 Å². The summed E-state index contributed by atoms with van der Waals surface area (Å²) in [5.41, 5.74) is 2.88. The van der Waals surface area contributed by atoms with Gasteiger partial charge in [0.1, 0.15) is 0 Å². The van der Waals surface area contributed by atoms with E-state index in [1.165, 1.54) is 12.0 Å². The minimum atomic E-state index is -0.987. The molecule has 0 aromatic heterocycles. The van der Waals surface area contributed by atoms with Crippen LogP contribution in [-0.2, 0) is 11.3 Å². The fourth-order valence-corrected chi connectivity index (χ4v) is 2.72. The molecule has 1 atom stereocenters. The second-order valence-corrected chi connectivity index (χ2v) is 6.12. The van der Waals surface area contributed by atoms with Crippen LogP contribution in [0.3, 0.4) is 0 Å². The van der Waals surface area contributed by atoms with Crippen LogP contribution >= 0.6 is 0 Å². The molecule has 27 heavy (non-hydrogen) atoms. The number of aliphatic hydroxyl groups is 3. The van der Waals surface area contributed by atoms with E-state index >= 15 is 0 Å². The Bertz CT molecular complexity index is 803. The van der Waals surface area contributed by atoms with Crippen molar-refractivity contribution in [2.24, 2.45) is 0 Å². The minimum absolute atomic E-state index is 0.0285. The molecule has 0 saturated carbocycles. The number of hydrogen-bond donors (Lipinski definition) is 3. The zero-order valence-electron chi connectivity index (χ0n) is 15.3. The van der Waals surface area contributed by atoms with Gasteiger partial charge in [0.05, 0.1) is 32.0 Å². The Morgan fingerprint density at radius 2 is 1.70 bits per heavy atom. The molecule has 0 unspecified atom stereocenters. The van der Waals surface area contributed by atoms with Crippen molar-refractivity contribution in [3.05, 3.63) is 59.2 Å². The van der Waals surface area contributed by atoms with E-state index in [4.69, 9.17) is 5.11 Å². The number of carbonyl (C=O) groups is 2. The first-order valence-corrected chi connectivity index (χ1v) is 8.38. The number of rotatable bonds is 7. The Morgan fingerprint density at radius 1 is 1.07 bits per heavy atom. The number of benzene rings is 2. The van der Waals surface area contributed by atoms with Crippen LogP contribution in [0.25, 0.3) is 11.1 Å². The van der Waals surface area contributed by atoms with E-state index in [0.717, 1.165) is 11.1 Å². The van der Waals surface area contributed by atoms with E-state index in [2.05, 4.69) is 4.74 Å². The molecule has 0 aliphatic carbocycles. The van der Waals surface area contributed by atoms with E-state index in [1.54, 1.807) is 49.5 Å². The normalized spacial score (nSPS) is 11.7. The SMILES string of the molecule is COC(=O)c1ccc(-c2ccc(C(=O)N(C)C[C@H](O)CO)cc2)c(CO)c1. The molecule has 0 bridgehead atoms. The number of amides is 1. The van der Waals surface area contributed by atoms with E-state index in [9.17, 15) is 19.8 Å². The van der Waals surface area contributed by atoms with E-state index < -0.39 is 18.7 Å². The number of likely N-dealkylation sites (N-methyl/N-ethyl adjacent to an activating group) is 1. The standard InChI is InChI=1S/C20H23NO6/c1-21(10-17(24)12-23)19(25)14-5-3-13(4-6-14)18-8-7-15(20(26)27-2)9-16(18)11-22/h3-9,17,22-24H,10-12H2,1-2H3/t17-/m0/s1. The van der Waals surface area contributed by atoms with Crippen molar-refractivity contribution < 1.29 is 29.6 Å². The number of esters is 1. The lowest BCUT2D eigenvalue weighted by molar-refractivity contribution is 0.0520. The highest BCUT2D eigenvalue weighted by Gasteiger charge is 2.16. The minimum Gasteiger partial charge on any atom is -0.465 e. The molecule has 0 aliphatic heterocycles. The first-order chi connectivity index (χ1) is 12.9. The fourth-order valence-electron chi connectivity index (χ4n) is 2.72. The molecule has 3 N–H and O–H groups in total. The van der Waals surface area contributed by atoms with Crippen LogP contribution in [0.5, 0.6) is 0 Å². The molecule has 7 nitrogen and oxygen atoms in total. The van der Waals surface area contributed by atoms with Gasteiger partial charge in [0, 0.05) is 19.2 Å². The second kappa shape index (κ2) is 9.27. The van der Waals surface area contributed by atoms with E-state index in [-0.39, 0.29) is 19.1 Å². The Morgan fingerprint density at radius 3 is 2.26 bits per heavy atom. The molecule has 0 aliphatic rings. The number of hydrogen-bond acceptors (Lipinski definition) is 6. The van der Waals surface area contributed by atoms with Gasteiger partial charge in [0.15, 0.2) is 0 Å². The molecule has 7 heteroatoms. The maximum atomic E-state index is 12.4. The van der Waals surface area contributed by atoms with Crippen molar-refractivity contribution in [3.63, 3.8) is 0 Å². The largest absolute Gasteiger partial charge is 0.465 e. The van der Waals surface area contributed by atoms with Gasteiger partial charge >= 0.3 is 5.97 Å². The summed E-state index contributed by atoms with van der Waals surface area (Å²) in [4.78, 5) is 25.3. The number of methoxy groups -OCH3 is 1. The summed E-state index contributed by atoms with van der Waals surface area (Å²) in [6.45, 7) is -0.633. The van der Waals surface area contributed by atoms with Crippen LogP contribution in [0.15, 0.2) is 42.5 Å². The molecular weight excluding hydrogens is 350 g/mol. The molecule has 1 amide bonds. The maximum absolute atomic E-state index is 12.4. The van der Waals surface area contributed by atoms with Crippen molar-refractivity contribution in [3.8, 4) is 11.1 Å².